The molecule has 1 aliphatic rings. The van der Waals surface area contributed by atoms with Crippen LogP contribution in [0.1, 0.15) is 24.3 Å². The van der Waals surface area contributed by atoms with E-state index in [0.717, 1.165) is 11.6 Å². The lowest BCUT2D eigenvalue weighted by molar-refractivity contribution is -0.0423. The minimum Gasteiger partial charge on any atom is -0.486 e. The molecular formula is C21H20F3NO3. The first-order valence-corrected chi connectivity index (χ1v) is 8.72. The van der Waals surface area contributed by atoms with Crippen molar-refractivity contribution < 1.29 is 28.1 Å². The van der Waals surface area contributed by atoms with Crippen LogP contribution in [0.3, 0.4) is 0 Å². The molecule has 0 saturated carbocycles. The topological polar surface area (TPSA) is 61.7 Å². The Bertz CT molecular complexity index is 898. The average molecular weight is 391 g/mol. The van der Waals surface area contributed by atoms with E-state index in [1.54, 1.807) is 49.4 Å². The first-order valence-electron chi connectivity index (χ1n) is 8.72. The number of anilines is 1. The van der Waals surface area contributed by atoms with Gasteiger partial charge in [-0.1, -0.05) is 49.4 Å². The van der Waals surface area contributed by atoms with Crippen LogP contribution in [0.2, 0.25) is 0 Å². The normalized spacial score (nSPS) is 18.9. The van der Waals surface area contributed by atoms with Crippen molar-refractivity contribution in [2.75, 3.05) is 5.32 Å². The summed E-state index contributed by atoms with van der Waals surface area (Å²) in [6.07, 6.45) is 1.02. The Labute approximate surface area is 160 Å². The van der Waals surface area contributed by atoms with Crippen molar-refractivity contribution in [2.45, 2.75) is 26.0 Å². The second-order valence-corrected chi connectivity index (χ2v) is 6.51. The number of rotatable bonds is 6. The van der Waals surface area contributed by atoms with E-state index in [4.69, 9.17) is 4.74 Å². The summed E-state index contributed by atoms with van der Waals surface area (Å²) in [4.78, 5) is 0. The molecule has 3 rings (SSSR count). The van der Waals surface area contributed by atoms with Gasteiger partial charge in [0, 0.05) is 11.5 Å². The summed E-state index contributed by atoms with van der Waals surface area (Å²) < 4.78 is 48.8. The summed E-state index contributed by atoms with van der Waals surface area (Å²) in [5.74, 6) is -3.63. The number of allylic oxidation sites excluding steroid dienone is 4. The third kappa shape index (κ3) is 4.21. The molecule has 1 aliphatic carbocycles. The van der Waals surface area contributed by atoms with E-state index in [2.05, 4.69) is 5.32 Å². The van der Waals surface area contributed by atoms with Crippen LogP contribution < -0.4 is 10.1 Å². The van der Waals surface area contributed by atoms with Gasteiger partial charge in [0.1, 0.15) is 12.8 Å². The molecule has 2 aromatic rings. The first-order chi connectivity index (χ1) is 13.4. The lowest BCUT2D eigenvalue weighted by Gasteiger charge is -2.24. The van der Waals surface area contributed by atoms with Gasteiger partial charge in [0.2, 0.25) is 5.82 Å². The van der Waals surface area contributed by atoms with Gasteiger partial charge in [-0.25, -0.2) is 8.78 Å². The fraction of sp³-hybridized carbons (Fsp3) is 0.238. The number of aliphatic hydroxyl groups is 2. The molecule has 4 nitrogen and oxygen atoms in total. The zero-order chi connectivity index (χ0) is 20.3. The smallest absolute Gasteiger partial charge is 0.202 e. The first kappa shape index (κ1) is 20.0. The van der Waals surface area contributed by atoms with Crippen molar-refractivity contribution >= 4 is 5.69 Å². The molecule has 0 radical (unpaired) electrons. The second-order valence-electron chi connectivity index (χ2n) is 6.51. The molecule has 0 saturated heterocycles. The Kier molecular flexibility index (Phi) is 6.06. The van der Waals surface area contributed by atoms with E-state index in [-0.39, 0.29) is 17.9 Å². The number of aliphatic hydroxyl groups excluding tert-OH is 1. The van der Waals surface area contributed by atoms with E-state index in [9.17, 15) is 23.4 Å². The van der Waals surface area contributed by atoms with Gasteiger partial charge in [0.25, 0.3) is 0 Å². The van der Waals surface area contributed by atoms with E-state index < -0.39 is 41.5 Å². The summed E-state index contributed by atoms with van der Waals surface area (Å²) in [5, 5.41) is 21.7. The van der Waals surface area contributed by atoms with Crippen LogP contribution in [-0.2, 0) is 6.61 Å². The molecule has 0 fully saturated rings. The van der Waals surface area contributed by atoms with Gasteiger partial charge in [0.05, 0.1) is 11.4 Å². The van der Waals surface area contributed by atoms with E-state index in [1.807, 2.05) is 0 Å². The van der Waals surface area contributed by atoms with Crippen molar-refractivity contribution in [1.29, 1.82) is 0 Å². The maximum atomic E-state index is 14.7. The fourth-order valence-corrected chi connectivity index (χ4v) is 2.85. The highest BCUT2D eigenvalue weighted by Gasteiger charge is 2.27. The Balaban J connectivity index is 1.92. The number of benzene rings is 2. The summed E-state index contributed by atoms with van der Waals surface area (Å²) in [5.41, 5.74) is -0.189. The van der Waals surface area contributed by atoms with Crippen LogP contribution in [0.4, 0.5) is 18.9 Å². The molecule has 148 valence electrons. The molecule has 0 amide bonds. The molecule has 2 unspecified atom stereocenters. The monoisotopic (exact) mass is 391 g/mol. The molecule has 0 aliphatic heterocycles. The Morgan fingerprint density at radius 2 is 1.86 bits per heavy atom. The number of alkyl halides is 1. The largest absolute Gasteiger partial charge is 0.486 e. The molecular weight excluding hydrogens is 371 g/mol. The SMILES string of the molecule is CC1C=CC=C(Nc2c(C(O)O)cc(OCc3ccccc3)c(F)c2F)C1F. The van der Waals surface area contributed by atoms with E-state index >= 15 is 0 Å². The summed E-state index contributed by atoms with van der Waals surface area (Å²) in [6, 6.07) is 9.83. The van der Waals surface area contributed by atoms with Crippen molar-refractivity contribution in [3.63, 3.8) is 0 Å². The number of hydrogen-bond donors (Lipinski definition) is 3. The minimum absolute atomic E-state index is 0.00634. The van der Waals surface area contributed by atoms with Gasteiger partial charge < -0.3 is 20.3 Å². The van der Waals surface area contributed by atoms with Crippen LogP contribution in [0.25, 0.3) is 0 Å². The molecule has 28 heavy (non-hydrogen) atoms. The fourth-order valence-electron chi connectivity index (χ4n) is 2.85. The van der Waals surface area contributed by atoms with Gasteiger partial charge >= 0.3 is 0 Å². The van der Waals surface area contributed by atoms with Gasteiger partial charge in [-0.2, -0.15) is 4.39 Å². The van der Waals surface area contributed by atoms with Gasteiger partial charge in [-0.15, -0.1) is 0 Å². The van der Waals surface area contributed by atoms with Crippen molar-refractivity contribution in [2.24, 2.45) is 5.92 Å². The summed E-state index contributed by atoms with van der Waals surface area (Å²) in [7, 11) is 0. The van der Waals surface area contributed by atoms with Gasteiger partial charge in [-0.05, 0) is 17.7 Å². The Hall–Kier alpha value is -2.77. The predicted octanol–water partition coefficient (Wildman–Crippen LogP) is 4.37. The highest BCUT2D eigenvalue weighted by Crippen LogP contribution is 2.36. The molecule has 0 heterocycles. The van der Waals surface area contributed by atoms with Gasteiger partial charge in [0.15, 0.2) is 17.9 Å². The predicted molar refractivity (Wildman–Crippen MR) is 99.2 cm³/mol. The lowest BCUT2D eigenvalue weighted by atomic mass is 9.97. The number of nitrogens with one attached hydrogen (secondary N) is 1. The summed E-state index contributed by atoms with van der Waals surface area (Å²) in [6.45, 7) is 1.60. The highest BCUT2D eigenvalue weighted by atomic mass is 19.2. The van der Waals surface area contributed by atoms with E-state index in [0.29, 0.717) is 0 Å². The molecule has 7 heteroatoms. The Morgan fingerprint density at radius 1 is 1.14 bits per heavy atom. The number of halogens is 3. The molecule has 2 aromatic carbocycles. The minimum atomic E-state index is -2.12. The lowest BCUT2D eigenvalue weighted by Crippen LogP contribution is -2.23. The zero-order valence-corrected chi connectivity index (χ0v) is 15.1. The quantitative estimate of drug-likeness (QED) is 0.640. The highest BCUT2D eigenvalue weighted by molar-refractivity contribution is 5.61. The van der Waals surface area contributed by atoms with E-state index in [1.165, 1.54) is 6.08 Å². The van der Waals surface area contributed by atoms with Crippen LogP contribution >= 0.6 is 0 Å². The van der Waals surface area contributed by atoms with Crippen molar-refractivity contribution in [3.05, 3.63) is 83.1 Å². The molecule has 2 atom stereocenters. The Morgan fingerprint density at radius 3 is 2.54 bits per heavy atom. The van der Waals surface area contributed by atoms with Crippen LogP contribution in [0, 0.1) is 17.6 Å². The summed E-state index contributed by atoms with van der Waals surface area (Å²) >= 11 is 0. The molecule has 0 spiro atoms. The number of ether oxygens (including phenoxy) is 1. The maximum Gasteiger partial charge on any atom is 0.202 e. The van der Waals surface area contributed by atoms with Crippen LogP contribution in [-0.4, -0.2) is 16.4 Å². The average Bonchev–Trinajstić information content (AvgIpc) is 2.68. The standard InChI is InChI=1S/C21H20F3NO3/c1-12-6-5-9-15(17(12)22)25-20-14(21(26)27)10-16(18(23)19(20)24)28-11-13-7-3-2-4-8-13/h2-10,12,17,21,25-27H,11H2,1H3. The third-order valence-electron chi connectivity index (χ3n) is 4.44. The zero-order valence-electron chi connectivity index (χ0n) is 15.1. The third-order valence-corrected chi connectivity index (χ3v) is 4.44. The molecule has 0 bridgehead atoms. The second kappa shape index (κ2) is 8.50. The van der Waals surface area contributed by atoms with Crippen LogP contribution in [0.5, 0.6) is 5.75 Å². The van der Waals surface area contributed by atoms with Crippen molar-refractivity contribution in [3.8, 4) is 5.75 Å². The van der Waals surface area contributed by atoms with Crippen LogP contribution in [0.15, 0.2) is 60.3 Å². The molecule has 3 N–H and O–H groups in total. The van der Waals surface area contributed by atoms with Gasteiger partial charge in [-0.3, -0.25) is 0 Å². The number of hydrogen-bond acceptors (Lipinski definition) is 4. The van der Waals surface area contributed by atoms with Crippen molar-refractivity contribution in [1.82, 2.24) is 0 Å². The molecule has 0 aromatic heterocycles. The maximum absolute atomic E-state index is 14.7.